The molecule has 0 saturated carbocycles. The van der Waals surface area contributed by atoms with Crippen molar-refractivity contribution in [1.29, 1.82) is 0 Å². The Morgan fingerprint density at radius 1 is 0.688 bits per heavy atom. The number of carbonyl (C=O) groups excluding carboxylic acids is 1. The molecule has 0 aliphatic rings. The van der Waals surface area contributed by atoms with Gasteiger partial charge in [-0.05, 0) is 59.7 Å². The van der Waals surface area contributed by atoms with Gasteiger partial charge in [0.05, 0.1) is 4.90 Å². The van der Waals surface area contributed by atoms with Gasteiger partial charge in [0.25, 0.3) is 10.0 Å². The number of rotatable bonds is 6. The van der Waals surface area contributed by atoms with E-state index < -0.39 is 10.0 Å². The van der Waals surface area contributed by atoms with Crippen LogP contribution >= 0.6 is 0 Å². The first-order valence-corrected chi connectivity index (χ1v) is 11.0. The summed E-state index contributed by atoms with van der Waals surface area (Å²) in [5.41, 5.74) is 2.74. The SMILES string of the molecule is O=C(c1ccccc1)c1ccc(NS(=O)(=O)c2cccc(-c3ccc(F)cc3)c2)cc1.[Na]. The Hall–Kier alpha value is -2.77. The van der Waals surface area contributed by atoms with Crippen LogP contribution in [0.1, 0.15) is 15.9 Å². The zero-order valence-electron chi connectivity index (χ0n) is 17.3. The number of hydrogen-bond acceptors (Lipinski definition) is 3. The second kappa shape index (κ2) is 10.2. The van der Waals surface area contributed by atoms with E-state index in [4.69, 9.17) is 0 Å². The first-order chi connectivity index (χ1) is 14.9. The van der Waals surface area contributed by atoms with Gasteiger partial charge in [-0.15, -0.1) is 0 Å². The fraction of sp³-hybridized carbons (Fsp3) is 0. The predicted octanol–water partition coefficient (Wildman–Crippen LogP) is 5.14. The van der Waals surface area contributed by atoms with E-state index in [1.807, 2.05) is 6.07 Å². The van der Waals surface area contributed by atoms with Crippen LogP contribution in [0.4, 0.5) is 10.1 Å². The second-order valence-electron chi connectivity index (χ2n) is 6.91. The summed E-state index contributed by atoms with van der Waals surface area (Å²) in [6.45, 7) is 0. The normalized spacial score (nSPS) is 10.8. The van der Waals surface area contributed by atoms with Crippen LogP contribution in [0.2, 0.25) is 0 Å². The maximum Gasteiger partial charge on any atom is 0.261 e. The number of hydrogen-bond donors (Lipinski definition) is 1. The molecule has 1 radical (unpaired) electrons. The summed E-state index contributed by atoms with van der Waals surface area (Å²) in [6.07, 6.45) is 0. The summed E-state index contributed by atoms with van der Waals surface area (Å²) >= 11 is 0. The van der Waals surface area contributed by atoms with Gasteiger partial charge in [0.2, 0.25) is 0 Å². The largest absolute Gasteiger partial charge is 0.289 e. The molecule has 4 aromatic carbocycles. The van der Waals surface area contributed by atoms with Crippen LogP contribution < -0.4 is 4.72 Å². The fourth-order valence-electron chi connectivity index (χ4n) is 3.15. The number of benzene rings is 4. The molecule has 4 rings (SSSR count). The van der Waals surface area contributed by atoms with Crippen molar-refractivity contribution in [3.63, 3.8) is 0 Å². The van der Waals surface area contributed by atoms with Crippen molar-refractivity contribution in [3.05, 3.63) is 120 Å². The molecule has 0 bridgehead atoms. The third-order valence-electron chi connectivity index (χ3n) is 4.76. The zero-order chi connectivity index (χ0) is 21.8. The summed E-state index contributed by atoms with van der Waals surface area (Å²) in [4.78, 5) is 12.6. The van der Waals surface area contributed by atoms with E-state index in [0.29, 0.717) is 27.9 Å². The molecule has 0 aliphatic heterocycles. The predicted molar refractivity (Wildman–Crippen MR) is 125 cm³/mol. The monoisotopic (exact) mass is 454 g/mol. The molecule has 0 saturated heterocycles. The average Bonchev–Trinajstić information content (AvgIpc) is 2.80. The molecular formula is C25H18FNNaO3S. The Bertz CT molecular complexity index is 1320. The van der Waals surface area contributed by atoms with Gasteiger partial charge in [-0.3, -0.25) is 9.52 Å². The van der Waals surface area contributed by atoms with E-state index in [1.54, 1.807) is 72.8 Å². The van der Waals surface area contributed by atoms with E-state index >= 15 is 0 Å². The third kappa shape index (κ3) is 5.53. The van der Waals surface area contributed by atoms with Gasteiger partial charge in [0.1, 0.15) is 5.82 Å². The molecule has 155 valence electrons. The van der Waals surface area contributed by atoms with Crippen LogP contribution in [0.25, 0.3) is 11.1 Å². The van der Waals surface area contributed by atoms with Gasteiger partial charge in [-0.25, -0.2) is 12.8 Å². The quantitative estimate of drug-likeness (QED) is 0.324. The zero-order valence-corrected chi connectivity index (χ0v) is 20.1. The first kappa shape index (κ1) is 23.9. The van der Waals surface area contributed by atoms with Gasteiger partial charge >= 0.3 is 0 Å². The molecule has 0 atom stereocenters. The van der Waals surface area contributed by atoms with Crippen LogP contribution in [-0.2, 0) is 10.0 Å². The number of ketones is 1. The average molecular weight is 454 g/mol. The van der Waals surface area contributed by atoms with Crippen LogP contribution in [0, 0.1) is 5.82 Å². The van der Waals surface area contributed by atoms with E-state index in [2.05, 4.69) is 4.72 Å². The standard InChI is InChI=1S/C25H18FNO3S.Na/c26-22-13-9-18(10-14-22)21-7-4-8-24(17-21)31(29,30)27-23-15-11-20(12-16-23)25(28)19-5-2-1-3-6-19;/h1-17,27H;. The molecule has 0 aliphatic carbocycles. The van der Waals surface area contributed by atoms with Crippen molar-refractivity contribution in [2.24, 2.45) is 0 Å². The number of halogens is 1. The number of carbonyl (C=O) groups is 1. The molecule has 32 heavy (non-hydrogen) atoms. The number of anilines is 1. The summed E-state index contributed by atoms with van der Waals surface area (Å²) in [5, 5.41) is 0. The second-order valence-corrected chi connectivity index (χ2v) is 8.60. The van der Waals surface area contributed by atoms with Crippen molar-refractivity contribution in [3.8, 4) is 11.1 Å². The number of nitrogens with one attached hydrogen (secondary N) is 1. The molecule has 0 fully saturated rings. The molecule has 4 nitrogen and oxygen atoms in total. The third-order valence-corrected chi connectivity index (χ3v) is 6.14. The molecule has 7 heteroatoms. The molecule has 0 heterocycles. The number of sulfonamides is 1. The van der Waals surface area contributed by atoms with Gasteiger partial charge in [0.15, 0.2) is 5.78 Å². The topological polar surface area (TPSA) is 63.2 Å². The maximum absolute atomic E-state index is 13.2. The van der Waals surface area contributed by atoms with Crippen molar-refractivity contribution in [2.45, 2.75) is 4.90 Å². The minimum absolute atomic E-state index is 0. The molecule has 4 aromatic rings. The van der Waals surface area contributed by atoms with E-state index in [0.717, 1.165) is 0 Å². The molecule has 1 N–H and O–H groups in total. The van der Waals surface area contributed by atoms with Crippen LogP contribution in [0.15, 0.2) is 108 Å². The van der Waals surface area contributed by atoms with Gasteiger partial charge < -0.3 is 0 Å². The van der Waals surface area contributed by atoms with Crippen LogP contribution in [0.3, 0.4) is 0 Å². The summed E-state index contributed by atoms with van der Waals surface area (Å²) in [7, 11) is -3.85. The van der Waals surface area contributed by atoms with Crippen LogP contribution in [0.5, 0.6) is 0 Å². The molecular weight excluding hydrogens is 436 g/mol. The first-order valence-electron chi connectivity index (χ1n) is 9.51. The Labute approximate surface area is 208 Å². The van der Waals surface area contributed by atoms with E-state index in [1.165, 1.54) is 24.3 Å². The van der Waals surface area contributed by atoms with Crippen LogP contribution in [-0.4, -0.2) is 43.8 Å². The molecule has 0 amide bonds. The summed E-state index contributed by atoms with van der Waals surface area (Å²) in [6, 6.07) is 27.4. The molecule has 0 spiro atoms. The molecule has 0 unspecified atom stereocenters. The fourth-order valence-corrected chi connectivity index (χ4v) is 4.25. The minimum atomic E-state index is -3.85. The van der Waals surface area contributed by atoms with Gasteiger partial charge in [-0.1, -0.05) is 54.6 Å². The van der Waals surface area contributed by atoms with Crippen molar-refractivity contribution in [2.75, 3.05) is 4.72 Å². The van der Waals surface area contributed by atoms with E-state index in [-0.39, 0.29) is 46.1 Å². The van der Waals surface area contributed by atoms with E-state index in [9.17, 15) is 17.6 Å². The Morgan fingerprint density at radius 3 is 1.97 bits per heavy atom. The summed E-state index contributed by atoms with van der Waals surface area (Å²) in [5.74, 6) is -0.495. The maximum atomic E-state index is 13.2. The van der Waals surface area contributed by atoms with Crippen molar-refractivity contribution < 1.29 is 17.6 Å². The Balaban J connectivity index is 0.00000289. The molecule has 0 aromatic heterocycles. The Kier molecular flexibility index (Phi) is 7.64. The van der Waals surface area contributed by atoms with Gasteiger partial charge in [0, 0.05) is 46.4 Å². The summed E-state index contributed by atoms with van der Waals surface area (Å²) < 4.78 is 41.4. The minimum Gasteiger partial charge on any atom is -0.289 e. The van der Waals surface area contributed by atoms with Crippen molar-refractivity contribution in [1.82, 2.24) is 0 Å². The van der Waals surface area contributed by atoms with Gasteiger partial charge in [-0.2, -0.15) is 0 Å². The van der Waals surface area contributed by atoms with Crippen molar-refractivity contribution >= 4 is 51.1 Å². The smallest absolute Gasteiger partial charge is 0.261 e. The Morgan fingerprint density at radius 2 is 1.31 bits per heavy atom.